The zero-order chi connectivity index (χ0) is 25.9. The van der Waals surface area contributed by atoms with E-state index in [0.717, 1.165) is 30.8 Å². The topological polar surface area (TPSA) is 145 Å². The lowest BCUT2D eigenvalue weighted by molar-refractivity contribution is -0.668. The molecule has 2 aromatic carbocycles. The molecule has 192 valence electrons. The Morgan fingerprint density at radius 1 is 1.06 bits per heavy atom. The Kier molecular flexibility index (Phi) is 8.07. The molecule has 9 nitrogen and oxygen atoms in total. The third kappa shape index (κ3) is 6.87. The first-order chi connectivity index (χ1) is 17.0. The number of aryl methyl sites for hydroxylation is 1. The van der Waals surface area contributed by atoms with Crippen molar-refractivity contribution in [2.24, 2.45) is 5.73 Å². The molecule has 4 rings (SSSR count). The molecule has 0 amide bonds. The van der Waals surface area contributed by atoms with Gasteiger partial charge < -0.3 is 15.2 Å². The van der Waals surface area contributed by atoms with E-state index in [0.29, 0.717) is 18.8 Å². The van der Waals surface area contributed by atoms with E-state index in [4.69, 9.17) is 10.3 Å². The van der Waals surface area contributed by atoms with Gasteiger partial charge >= 0.3 is 0 Å². The van der Waals surface area contributed by atoms with Crippen molar-refractivity contribution in [1.29, 1.82) is 0 Å². The molecule has 0 radical (unpaired) electrons. The van der Waals surface area contributed by atoms with Gasteiger partial charge in [-0.2, -0.15) is 13.0 Å². The van der Waals surface area contributed by atoms with Crippen molar-refractivity contribution in [3.05, 3.63) is 70.3 Å². The van der Waals surface area contributed by atoms with E-state index < -0.39 is 26.0 Å². The van der Waals surface area contributed by atoms with Gasteiger partial charge in [-0.15, -0.1) is 0 Å². The van der Waals surface area contributed by atoms with Crippen LogP contribution in [0.4, 0.5) is 5.69 Å². The van der Waals surface area contributed by atoms with E-state index in [1.807, 2.05) is 70.1 Å². The molecule has 0 bridgehead atoms. The summed E-state index contributed by atoms with van der Waals surface area (Å²) in [6, 6.07) is 15.5. The fourth-order valence-electron chi connectivity index (χ4n) is 3.91. The second kappa shape index (κ2) is 10.9. The van der Waals surface area contributed by atoms with Crippen molar-refractivity contribution in [2.45, 2.75) is 24.3 Å². The zero-order valence-corrected chi connectivity index (χ0v) is 22.4. The third-order valence-corrected chi connectivity index (χ3v) is 9.23. The Hall–Kier alpha value is -2.42. The summed E-state index contributed by atoms with van der Waals surface area (Å²) in [7, 11) is -8.36. The van der Waals surface area contributed by atoms with Crippen molar-refractivity contribution < 1.29 is 30.5 Å². The molecular weight excluding hydrogens is 543 g/mol. The minimum Gasteiger partial charge on any atom is -0.748 e. The number of nitrogens with zero attached hydrogens (tertiary/aromatic N) is 2. The van der Waals surface area contributed by atoms with Gasteiger partial charge in [0.15, 0.2) is 6.54 Å². The number of thioether (sulfide) groups is 1. The van der Waals surface area contributed by atoms with Crippen molar-refractivity contribution in [2.75, 3.05) is 23.0 Å². The summed E-state index contributed by atoms with van der Waals surface area (Å²) < 4.78 is 67.7. The molecule has 0 spiro atoms. The van der Waals surface area contributed by atoms with E-state index in [2.05, 4.69) is 0 Å². The molecule has 2 heterocycles. The molecule has 1 aliphatic rings. The number of allylic oxidation sites excluding steroid dienone is 1. The molecule has 36 heavy (non-hydrogen) atoms. The van der Waals surface area contributed by atoms with Crippen LogP contribution in [0, 0.1) is 0 Å². The number of benzene rings is 2. The molecule has 3 aromatic rings. The largest absolute Gasteiger partial charge is 0.748 e. The minimum atomic E-state index is -4.30. The number of aromatic nitrogens is 1. The molecular formula is C23H25N3O6S4. The van der Waals surface area contributed by atoms with Crippen LogP contribution in [0.15, 0.2) is 70.2 Å². The van der Waals surface area contributed by atoms with Crippen LogP contribution in [-0.4, -0.2) is 44.0 Å². The maximum atomic E-state index is 11.2. The SMILES string of the molecule is NC(=Cc1sc2ccccc2[n+]1CCCS(=O)(=O)[O-])C=C1Sc2ccccc2N1CCCS(=O)(=O)O. The van der Waals surface area contributed by atoms with Crippen LogP contribution in [0.25, 0.3) is 16.3 Å². The van der Waals surface area contributed by atoms with Crippen LogP contribution in [0.5, 0.6) is 0 Å². The first kappa shape index (κ1) is 26.6. The van der Waals surface area contributed by atoms with Crippen LogP contribution >= 0.6 is 23.1 Å². The Bertz CT molecular complexity index is 1540. The summed E-state index contributed by atoms with van der Waals surface area (Å²) in [6.45, 7) is 0.735. The van der Waals surface area contributed by atoms with Crippen LogP contribution in [-0.2, 0) is 26.8 Å². The summed E-state index contributed by atoms with van der Waals surface area (Å²) in [5.74, 6) is -0.782. The molecule has 0 saturated carbocycles. The normalized spacial score (nSPS) is 15.7. The molecule has 1 aromatic heterocycles. The molecule has 0 unspecified atom stereocenters. The van der Waals surface area contributed by atoms with E-state index in [9.17, 15) is 21.4 Å². The van der Waals surface area contributed by atoms with Crippen molar-refractivity contribution in [3.8, 4) is 0 Å². The maximum Gasteiger partial charge on any atom is 0.264 e. The number of fused-ring (bicyclic) bond motifs is 2. The second-order valence-corrected chi connectivity index (χ2v) is 13.4. The predicted molar refractivity (Wildman–Crippen MR) is 142 cm³/mol. The second-order valence-electron chi connectivity index (χ2n) is 8.16. The van der Waals surface area contributed by atoms with Gasteiger partial charge in [-0.3, -0.25) is 4.55 Å². The summed E-state index contributed by atoms with van der Waals surface area (Å²) in [5.41, 5.74) is 8.75. The van der Waals surface area contributed by atoms with Crippen molar-refractivity contribution in [3.63, 3.8) is 0 Å². The zero-order valence-electron chi connectivity index (χ0n) is 19.1. The number of nitrogens with two attached hydrogens (primary N) is 1. The Morgan fingerprint density at radius 2 is 1.78 bits per heavy atom. The van der Waals surface area contributed by atoms with Crippen LogP contribution < -0.4 is 15.2 Å². The highest BCUT2D eigenvalue weighted by molar-refractivity contribution is 8.03. The Morgan fingerprint density at radius 3 is 2.53 bits per heavy atom. The van der Waals surface area contributed by atoms with Gasteiger partial charge in [-0.1, -0.05) is 47.4 Å². The lowest BCUT2D eigenvalue weighted by atomic mass is 10.2. The van der Waals surface area contributed by atoms with Crippen LogP contribution in [0.1, 0.15) is 17.8 Å². The maximum absolute atomic E-state index is 11.2. The highest BCUT2D eigenvalue weighted by atomic mass is 32.2. The lowest BCUT2D eigenvalue weighted by Gasteiger charge is -2.20. The summed E-state index contributed by atoms with van der Waals surface area (Å²) in [4.78, 5) is 2.99. The van der Waals surface area contributed by atoms with Crippen molar-refractivity contribution >= 4 is 65.3 Å². The molecule has 13 heteroatoms. The third-order valence-electron chi connectivity index (χ3n) is 5.41. The van der Waals surface area contributed by atoms with E-state index in [1.54, 1.807) is 0 Å². The van der Waals surface area contributed by atoms with Gasteiger partial charge in [-0.25, -0.2) is 8.42 Å². The standard InChI is InChI=1S/C23H25N3O6S4/c24-17(15-22-25(11-5-13-35(27,28)29)18-7-1-3-9-20(18)33-22)16-23-26(12-6-14-36(30,31)32)19-8-2-4-10-21(19)34-23/h1-4,7-10,15-16,24H,5-6,11-14H2,(H2,27,28,29,30,31,32). The van der Waals surface area contributed by atoms with Gasteiger partial charge in [0, 0.05) is 41.5 Å². The lowest BCUT2D eigenvalue weighted by Crippen LogP contribution is -2.36. The fourth-order valence-corrected chi connectivity index (χ4v) is 7.19. The van der Waals surface area contributed by atoms with Crippen LogP contribution in [0.3, 0.4) is 0 Å². The molecule has 0 aliphatic carbocycles. The number of thiazole rings is 1. The van der Waals surface area contributed by atoms with Crippen LogP contribution in [0.2, 0.25) is 0 Å². The predicted octanol–water partition coefficient (Wildman–Crippen LogP) is 3.16. The number of hydrogen-bond acceptors (Lipinski definition) is 9. The van der Waals surface area contributed by atoms with E-state index in [1.165, 1.54) is 23.1 Å². The first-order valence-corrected chi connectivity index (χ1v) is 15.9. The quantitative estimate of drug-likeness (QED) is 0.279. The minimum absolute atomic E-state index is 0.186. The number of hydrogen-bond donors (Lipinski definition) is 2. The molecule has 0 saturated heterocycles. The summed E-state index contributed by atoms with van der Waals surface area (Å²) in [6.07, 6.45) is 4.05. The van der Waals surface area contributed by atoms with Crippen molar-refractivity contribution in [1.82, 2.24) is 0 Å². The molecule has 1 aliphatic heterocycles. The van der Waals surface area contributed by atoms with Gasteiger partial charge in [0.05, 0.1) is 26.6 Å². The van der Waals surface area contributed by atoms with E-state index in [-0.39, 0.29) is 18.6 Å². The van der Waals surface area contributed by atoms with E-state index >= 15 is 0 Å². The fraction of sp³-hybridized carbons (Fsp3) is 0.261. The molecule has 3 N–H and O–H groups in total. The van der Waals surface area contributed by atoms with Gasteiger partial charge in [0.25, 0.3) is 15.1 Å². The van der Waals surface area contributed by atoms with Gasteiger partial charge in [0.1, 0.15) is 4.70 Å². The highest BCUT2D eigenvalue weighted by Crippen LogP contribution is 2.46. The Balaban J connectivity index is 1.63. The summed E-state index contributed by atoms with van der Waals surface area (Å²) >= 11 is 3.02. The first-order valence-electron chi connectivity index (χ1n) is 11.0. The summed E-state index contributed by atoms with van der Waals surface area (Å²) in [5, 5.41) is 1.64. The monoisotopic (exact) mass is 567 g/mol. The number of anilines is 1. The average molecular weight is 568 g/mol. The smallest absolute Gasteiger partial charge is 0.264 e. The Labute approximate surface area is 218 Å². The molecule has 0 fully saturated rings. The van der Waals surface area contributed by atoms with Gasteiger partial charge in [0.2, 0.25) is 5.52 Å². The highest BCUT2D eigenvalue weighted by Gasteiger charge is 2.25. The molecule has 0 atom stereocenters. The van der Waals surface area contributed by atoms with Gasteiger partial charge in [-0.05, 0) is 30.7 Å². The number of rotatable bonds is 10. The number of para-hydroxylation sites is 2. The average Bonchev–Trinajstić information content (AvgIpc) is 3.30.